The molecule has 0 saturated carbocycles. The van der Waals surface area contributed by atoms with Crippen molar-refractivity contribution in [2.24, 2.45) is 10.9 Å². The zero-order valence-corrected chi connectivity index (χ0v) is 19.9. The van der Waals surface area contributed by atoms with Gasteiger partial charge < -0.3 is 25.4 Å². The van der Waals surface area contributed by atoms with Crippen LogP contribution in [0.15, 0.2) is 57.4 Å². The first kappa shape index (κ1) is 24.0. The minimum Gasteiger partial charge on any atom is -0.475 e. The molecule has 2 fully saturated rings. The molecule has 0 spiro atoms. The number of hydrogen-bond acceptors (Lipinski definition) is 9. The van der Waals surface area contributed by atoms with Gasteiger partial charge in [0, 0.05) is 43.7 Å². The molecular formula is C24H29N7O2S. The first-order valence-corrected chi connectivity index (χ1v) is 12.3. The lowest BCUT2D eigenvalue weighted by Crippen LogP contribution is -2.44. The lowest BCUT2D eigenvalue weighted by molar-refractivity contribution is 0.193. The van der Waals surface area contributed by atoms with Gasteiger partial charge in [0.25, 0.3) is 5.56 Å². The topological polar surface area (TPSA) is 122 Å². The number of likely N-dealkylation sites (tertiary alicyclic amines) is 1. The summed E-state index contributed by atoms with van der Waals surface area (Å²) >= 11 is 1.68. The fourth-order valence-electron chi connectivity index (χ4n) is 4.20. The van der Waals surface area contributed by atoms with E-state index in [4.69, 9.17) is 10.6 Å². The number of piperidine rings is 1. The number of thioether (sulfide) groups is 1. The molecule has 3 N–H and O–H groups in total. The summed E-state index contributed by atoms with van der Waals surface area (Å²) in [6.45, 7) is 8.74. The smallest absolute Gasteiger partial charge is 0.251 e. The van der Waals surface area contributed by atoms with Crippen LogP contribution < -0.4 is 16.7 Å². The molecule has 4 heterocycles. The summed E-state index contributed by atoms with van der Waals surface area (Å²) in [5, 5.41) is 16.5. The number of nitriles is 1. The fraction of sp³-hybridized carbons (Fsp3) is 0.417. The molecule has 0 bridgehead atoms. The van der Waals surface area contributed by atoms with Gasteiger partial charge in [-0.05, 0) is 49.7 Å². The molecule has 0 aromatic carbocycles. The van der Waals surface area contributed by atoms with Gasteiger partial charge in [-0.1, -0.05) is 6.58 Å². The minimum absolute atomic E-state index is 0.0714. The molecule has 2 aromatic heterocycles. The van der Waals surface area contributed by atoms with E-state index in [1.54, 1.807) is 34.5 Å². The summed E-state index contributed by atoms with van der Waals surface area (Å²) in [5.41, 5.74) is 2.78. The lowest BCUT2D eigenvalue weighted by Gasteiger charge is -2.32. The van der Waals surface area contributed by atoms with E-state index in [-0.39, 0.29) is 5.56 Å². The molecule has 2 saturated heterocycles. The van der Waals surface area contributed by atoms with Crippen molar-refractivity contribution in [1.82, 2.24) is 19.8 Å². The van der Waals surface area contributed by atoms with Gasteiger partial charge in [0.2, 0.25) is 5.90 Å². The first-order chi connectivity index (χ1) is 16.6. The number of rotatable bonds is 7. The molecule has 10 heteroatoms. The molecule has 178 valence electrons. The van der Waals surface area contributed by atoms with Crippen molar-refractivity contribution in [1.29, 1.82) is 5.26 Å². The number of pyridine rings is 2. The summed E-state index contributed by atoms with van der Waals surface area (Å²) in [6.07, 6.45) is 5.59. The Balaban J connectivity index is 1.27. The second kappa shape index (κ2) is 11.3. The van der Waals surface area contributed by atoms with Gasteiger partial charge in [0.15, 0.2) is 0 Å². The van der Waals surface area contributed by atoms with Crippen LogP contribution in [0.25, 0.3) is 11.0 Å². The third-order valence-electron chi connectivity index (χ3n) is 6.06. The highest BCUT2D eigenvalue weighted by molar-refractivity contribution is 8.04. The van der Waals surface area contributed by atoms with E-state index in [1.807, 2.05) is 6.08 Å². The van der Waals surface area contributed by atoms with E-state index in [0.29, 0.717) is 42.7 Å². The number of aromatic nitrogens is 2. The van der Waals surface area contributed by atoms with Gasteiger partial charge >= 0.3 is 0 Å². The fourth-order valence-corrected chi connectivity index (χ4v) is 5.07. The van der Waals surface area contributed by atoms with Crippen molar-refractivity contribution in [3.63, 3.8) is 0 Å². The normalized spacial score (nSPS) is 19.9. The van der Waals surface area contributed by atoms with E-state index >= 15 is 0 Å². The first-order valence-electron chi connectivity index (χ1n) is 11.4. The number of nitrogens with two attached hydrogens (primary N) is 1. The van der Waals surface area contributed by atoms with Gasteiger partial charge in [-0.15, -0.1) is 16.9 Å². The Morgan fingerprint density at radius 1 is 1.41 bits per heavy atom. The predicted molar refractivity (Wildman–Crippen MR) is 135 cm³/mol. The molecule has 0 atom stereocenters. The SMILES string of the molecule is C=C(/C=C1/SCCO/C1=N/N)CNC1CCN(CCn2c(=O)ccc3ncc(C#N)cc32)CC1. The van der Waals surface area contributed by atoms with Crippen LogP contribution >= 0.6 is 11.8 Å². The van der Waals surface area contributed by atoms with Crippen molar-refractivity contribution in [2.45, 2.75) is 25.4 Å². The summed E-state index contributed by atoms with van der Waals surface area (Å²) in [5.74, 6) is 6.77. The molecule has 0 amide bonds. The van der Waals surface area contributed by atoms with E-state index in [9.17, 15) is 10.1 Å². The van der Waals surface area contributed by atoms with E-state index in [1.165, 1.54) is 6.20 Å². The molecule has 0 aliphatic carbocycles. The number of hydrogen-bond donors (Lipinski definition) is 2. The quantitative estimate of drug-likeness (QED) is 0.455. The molecular weight excluding hydrogens is 450 g/mol. The molecule has 9 nitrogen and oxygen atoms in total. The van der Waals surface area contributed by atoms with E-state index < -0.39 is 0 Å². The van der Waals surface area contributed by atoms with Crippen LogP contribution in [-0.4, -0.2) is 64.9 Å². The standard InChI is InChI=1S/C24H29N7O2S/c1-17(12-22-24(29-26)33-10-11-34-22)15-27-19-4-6-30(7-5-19)8-9-31-21-13-18(14-25)16-28-20(21)2-3-23(31)32/h2-3,12-13,16,19,27H,1,4-11,15,26H2/b22-12+,29-24+. The zero-order valence-electron chi connectivity index (χ0n) is 19.1. The Bertz CT molecular complexity index is 1210. The second-order valence-electron chi connectivity index (χ2n) is 8.36. The highest BCUT2D eigenvalue weighted by atomic mass is 32.2. The molecule has 2 aromatic rings. The van der Waals surface area contributed by atoms with Crippen molar-refractivity contribution in [3.8, 4) is 6.07 Å². The van der Waals surface area contributed by atoms with Crippen LogP contribution in [0, 0.1) is 11.3 Å². The largest absolute Gasteiger partial charge is 0.475 e. The van der Waals surface area contributed by atoms with E-state index in [0.717, 1.165) is 54.2 Å². The van der Waals surface area contributed by atoms with Crippen LogP contribution in [0.5, 0.6) is 0 Å². The number of fused-ring (bicyclic) bond motifs is 1. The summed E-state index contributed by atoms with van der Waals surface area (Å²) < 4.78 is 7.19. The minimum atomic E-state index is -0.0714. The molecule has 0 radical (unpaired) electrons. The highest BCUT2D eigenvalue weighted by Gasteiger charge is 2.20. The Morgan fingerprint density at radius 3 is 3.00 bits per heavy atom. The predicted octanol–water partition coefficient (Wildman–Crippen LogP) is 1.80. The van der Waals surface area contributed by atoms with Gasteiger partial charge in [0.1, 0.15) is 6.07 Å². The van der Waals surface area contributed by atoms with Gasteiger partial charge in [-0.3, -0.25) is 9.78 Å². The maximum atomic E-state index is 12.5. The molecule has 2 aliphatic rings. The lowest BCUT2D eigenvalue weighted by atomic mass is 10.0. The van der Waals surface area contributed by atoms with Gasteiger partial charge in [-0.25, -0.2) is 0 Å². The highest BCUT2D eigenvalue weighted by Crippen LogP contribution is 2.24. The average molecular weight is 480 g/mol. The maximum Gasteiger partial charge on any atom is 0.251 e. The zero-order chi connectivity index (χ0) is 23.9. The maximum absolute atomic E-state index is 12.5. The van der Waals surface area contributed by atoms with Gasteiger partial charge in [0.05, 0.1) is 28.1 Å². The number of nitrogens with one attached hydrogen (secondary N) is 1. The third-order valence-corrected chi connectivity index (χ3v) is 7.03. The van der Waals surface area contributed by atoms with Crippen LogP contribution in [0.2, 0.25) is 0 Å². The number of nitrogens with zero attached hydrogens (tertiary/aromatic N) is 5. The van der Waals surface area contributed by atoms with Crippen LogP contribution in [0.1, 0.15) is 18.4 Å². The third kappa shape index (κ3) is 5.86. The van der Waals surface area contributed by atoms with Crippen molar-refractivity contribution >= 4 is 28.7 Å². The Morgan fingerprint density at radius 2 is 2.24 bits per heavy atom. The number of hydrazone groups is 1. The molecule has 0 unspecified atom stereocenters. The monoisotopic (exact) mass is 479 g/mol. The molecule has 2 aliphatic heterocycles. The average Bonchev–Trinajstić information content (AvgIpc) is 2.87. The summed E-state index contributed by atoms with van der Waals surface area (Å²) in [7, 11) is 0. The van der Waals surface area contributed by atoms with Crippen LogP contribution in [-0.2, 0) is 11.3 Å². The summed E-state index contributed by atoms with van der Waals surface area (Å²) in [4.78, 5) is 20.1. The Hall–Kier alpha value is -3.13. The summed E-state index contributed by atoms with van der Waals surface area (Å²) in [6, 6.07) is 7.51. The second-order valence-corrected chi connectivity index (χ2v) is 9.49. The van der Waals surface area contributed by atoms with Gasteiger partial charge in [-0.2, -0.15) is 5.26 Å². The van der Waals surface area contributed by atoms with Crippen LogP contribution in [0.4, 0.5) is 0 Å². The Kier molecular flexibility index (Phi) is 8.00. The molecule has 34 heavy (non-hydrogen) atoms. The molecule has 4 rings (SSSR count). The van der Waals surface area contributed by atoms with Crippen molar-refractivity contribution in [2.75, 3.05) is 38.5 Å². The number of ether oxygens (including phenoxy) is 1. The van der Waals surface area contributed by atoms with Crippen LogP contribution in [0.3, 0.4) is 0 Å². The van der Waals surface area contributed by atoms with Crippen molar-refractivity contribution < 1.29 is 4.74 Å². The Labute approximate surface area is 203 Å². The van der Waals surface area contributed by atoms with Crippen molar-refractivity contribution in [3.05, 3.63) is 63.4 Å². The van der Waals surface area contributed by atoms with E-state index in [2.05, 4.69) is 33.0 Å².